The molecule has 1 heteroatoms. The summed E-state index contributed by atoms with van der Waals surface area (Å²) >= 11 is -1.02. The van der Waals surface area contributed by atoms with Crippen molar-refractivity contribution in [3.05, 3.63) is 60.0 Å². The molecule has 0 atom stereocenters. The van der Waals surface area contributed by atoms with Crippen LogP contribution in [0.3, 0.4) is 0 Å². The number of unbranched alkanes of at least 4 members (excludes halogenated alkanes) is 1. The van der Waals surface area contributed by atoms with Gasteiger partial charge in [-0.1, -0.05) is 0 Å². The summed E-state index contributed by atoms with van der Waals surface area (Å²) in [5.41, 5.74) is 15.1. The Hall–Kier alpha value is -0.690. The zero-order chi connectivity index (χ0) is 19.3. The van der Waals surface area contributed by atoms with Crippen LogP contribution in [0.5, 0.6) is 0 Å². The van der Waals surface area contributed by atoms with E-state index < -0.39 is 22.9 Å². The van der Waals surface area contributed by atoms with Gasteiger partial charge in [0.25, 0.3) is 0 Å². The Balaban J connectivity index is 1.78. The molecule has 0 saturated heterocycles. The van der Waals surface area contributed by atoms with Gasteiger partial charge in [-0.2, -0.15) is 0 Å². The Morgan fingerprint density at radius 1 is 0.963 bits per heavy atom. The van der Waals surface area contributed by atoms with E-state index in [1.54, 1.807) is 44.5 Å². The maximum absolute atomic E-state index is 2.58. The van der Waals surface area contributed by atoms with Gasteiger partial charge >= 0.3 is 178 Å². The Kier molecular flexibility index (Phi) is 5.29. The zero-order valence-corrected chi connectivity index (χ0v) is 21.7. The fourth-order valence-electron chi connectivity index (χ4n) is 5.52. The normalized spacial score (nSPS) is 20.7. The van der Waals surface area contributed by atoms with Crippen LogP contribution in [-0.4, -0.2) is 0 Å². The van der Waals surface area contributed by atoms with Crippen molar-refractivity contribution in [2.24, 2.45) is 0 Å². The second kappa shape index (κ2) is 7.29. The van der Waals surface area contributed by atoms with Gasteiger partial charge in [0.05, 0.1) is 0 Å². The van der Waals surface area contributed by atoms with Crippen LogP contribution < -0.4 is 0 Å². The topological polar surface area (TPSA) is 0 Å². The first kappa shape index (κ1) is 19.6. The molecule has 0 bridgehead atoms. The van der Waals surface area contributed by atoms with Gasteiger partial charge in [0, 0.05) is 0 Å². The molecule has 0 aromatic heterocycles. The molecule has 0 amide bonds. The van der Waals surface area contributed by atoms with Crippen molar-refractivity contribution >= 4 is 5.57 Å². The van der Waals surface area contributed by atoms with Crippen LogP contribution in [0.4, 0.5) is 0 Å². The fraction of sp³-hybridized carbons (Fsp3) is 0.538. The van der Waals surface area contributed by atoms with Crippen LogP contribution in [-0.2, 0) is 42.2 Å². The van der Waals surface area contributed by atoms with E-state index >= 15 is 0 Å². The first-order valence-electron chi connectivity index (χ1n) is 10.9. The average Bonchev–Trinajstić information content (AvgIpc) is 3.30. The van der Waals surface area contributed by atoms with Crippen molar-refractivity contribution in [1.82, 2.24) is 0 Å². The van der Waals surface area contributed by atoms with Crippen LogP contribution in [0.15, 0.2) is 37.8 Å². The van der Waals surface area contributed by atoms with Crippen LogP contribution >= 0.6 is 0 Å². The molecule has 4 rings (SSSR count). The monoisotopic (exact) mass is 526 g/mol. The van der Waals surface area contributed by atoms with Crippen LogP contribution in [0, 0.1) is 0 Å². The summed E-state index contributed by atoms with van der Waals surface area (Å²) in [4.78, 5) is 0. The van der Waals surface area contributed by atoms with Crippen molar-refractivity contribution < 1.29 is 22.9 Å². The molecule has 1 aromatic rings. The summed E-state index contributed by atoms with van der Waals surface area (Å²) in [5.74, 6) is 0. The summed E-state index contributed by atoms with van der Waals surface area (Å²) < 4.78 is 2.34. The molecule has 142 valence electrons. The second-order valence-electron chi connectivity index (χ2n) is 9.08. The van der Waals surface area contributed by atoms with Crippen molar-refractivity contribution in [3.63, 3.8) is 0 Å². The summed E-state index contributed by atoms with van der Waals surface area (Å²) in [6.45, 7) is 14.5. The summed E-state index contributed by atoms with van der Waals surface area (Å²) in [5, 5.41) is 0. The standard InChI is InChI=1S/C16H19.C10H15.Hf/c1-2-3-5-13-10-11-14-9-8-12-6-4-7-15(12)16(13)14;1-6-7(2)9(4)10(5)8(6)3;/h8-9H,2-7,11H2,1H3;1-5H3;. The summed E-state index contributed by atoms with van der Waals surface area (Å²) in [7, 11) is 0. The van der Waals surface area contributed by atoms with Gasteiger partial charge in [-0.05, 0) is 0 Å². The number of fused-ring (bicyclic) bond motifs is 3. The number of aryl methyl sites for hydroxylation is 1. The summed E-state index contributed by atoms with van der Waals surface area (Å²) in [6.07, 6.45) is 9.25. The van der Waals surface area contributed by atoms with E-state index in [4.69, 9.17) is 0 Å². The predicted molar refractivity (Wildman–Crippen MR) is 114 cm³/mol. The van der Waals surface area contributed by atoms with Gasteiger partial charge in [-0.3, -0.25) is 0 Å². The molecular weight excluding hydrogens is 491 g/mol. The minimum absolute atomic E-state index is 0.409. The van der Waals surface area contributed by atoms with E-state index in [0.29, 0.717) is 3.17 Å². The first-order chi connectivity index (χ1) is 12.9. The van der Waals surface area contributed by atoms with Crippen molar-refractivity contribution in [2.75, 3.05) is 0 Å². The van der Waals surface area contributed by atoms with Gasteiger partial charge in [-0.25, -0.2) is 0 Å². The zero-order valence-electron chi connectivity index (χ0n) is 18.1. The SMILES string of the molecule is CCCCC1=[C]([Hf][C]2(C)C(C)=C(C)C(C)=C2C)Cc2ccc3c(c21)CCC3. The van der Waals surface area contributed by atoms with E-state index in [1.807, 2.05) is 8.90 Å². The molecule has 0 N–H and O–H groups in total. The molecule has 0 aliphatic heterocycles. The Morgan fingerprint density at radius 2 is 1.63 bits per heavy atom. The molecule has 0 heterocycles. The average molecular weight is 525 g/mol. The van der Waals surface area contributed by atoms with E-state index in [0.717, 1.165) is 0 Å². The molecule has 0 nitrogen and oxygen atoms in total. The van der Waals surface area contributed by atoms with Gasteiger partial charge in [0.2, 0.25) is 0 Å². The fourth-order valence-corrected chi connectivity index (χ4v) is 12.8. The second-order valence-corrected chi connectivity index (χ2v) is 15.7. The van der Waals surface area contributed by atoms with E-state index in [9.17, 15) is 0 Å². The van der Waals surface area contributed by atoms with Crippen molar-refractivity contribution in [2.45, 2.75) is 89.7 Å². The minimum atomic E-state index is -1.02. The van der Waals surface area contributed by atoms with Gasteiger partial charge in [0.1, 0.15) is 0 Å². The van der Waals surface area contributed by atoms with Crippen LogP contribution in [0.1, 0.15) is 89.5 Å². The molecule has 0 spiro atoms. The third-order valence-electron chi connectivity index (χ3n) is 7.77. The molecule has 27 heavy (non-hydrogen) atoms. The molecule has 1 aromatic carbocycles. The van der Waals surface area contributed by atoms with Gasteiger partial charge in [0.15, 0.2) is 0 Å². The number of rotatable bonds is 5. The van der Waals surface area contributed by atoms with Crippen molar-refractivity contribution in [3.8, 4) is 0 Å². The molecule has 0 radical (unpaired) electrons. The number of hydrogen-bond donors (Lipinski definition) is 0. The predicted octanol–water partition coefficient (Wildman–Crippen LogP) is 7.58. The number of benzene rings is 1. The Morgan fingerprint density at radius 3 is 2.30 bits per heavy atom. The van der Waals surface area contributed by atoms with E-state index in [2.05, 4.69) is 53.7 Å². The quantitative estimate of drug-likeness (QED) is 0.348. The molecule has 0 unspecified atom stereocenters. The summed E-state index contributed by atoms with van der Waals surface area (Å²) in [6, 6.07) is 4.94. The van der Waals surface area contributed by atoms with Gasteiger partial charge < -0.3 is 0 Å². The van der Waals surface area contributed by atoms with Gasteiger partial charge in [-0.15, -0.1) is 0 Å². The third kappa shape index (κ3) is 3.04. The first-order valence-corrected chi connectivity index (χ1v) is 14.5. The molecule has 3 aliphatic carbocycles. The molecule has 0 fully saturated rings. The molecular formula is C26H34Hf. The Bertz CT molecular complexity index is 867. The number of hydrogen-bond acceptors (Lipinski definition) is 0. The van der Waals surface area contributed by atoms with E-state index in [-0.39, 0.29) is 0 Å². The van der Waals surface area contributed by atoms with Crippen LogP contribution in [0.2, 0.25) is 3.17 Å². The number of allylic oxidation sites excluding steroid dienone is 6. The molecule has 3 aliphatic rings. The molecule has 0 saturated carbocycles. The maximum atomic E-state index is 2.58. The van der Waals surface area contributed by atoms with Crippen LogP contribution in [0.25, 0.3) is 5.57 Å². The van der Waals surface area contributed by atoms with Crippen molar-refractivity contribution in [1.29, 1.82) is 0 Å². The van der Waals surface area contributed by atoms with E-state index in [1.165, 1.54) is 44.9 Å². The third-order valence-corrected chi connectivity index (χ3v) is 15.1. The Labute approximate surface area is 177 Å².